The molecule has 0 atom stereocenters. The van der Waals surface area contributed by atoms with E-state index in [2.05, 4.69) is 50.9 Å². The van der Waals surface area contributed by atoms with Gasteiger partial charge in [0, 0.05) is 18.4 Å². The molecule has 0 bridgehead atoms. The molecule has 0 amide bonds. The summed E-state index contributed by atoms with van der Waals surface area (Å²) in [5, 5.41) is 0. The normalized spacial score (nSPS) is 14.3. The quantitative estimate of drug-likeness (QED) is 0.869. The van der Waals surface area contributed by atoms with E-state index in [1.807, 2.05) is 0 Å². The van der Waals surface area contributed by atoms with Gasteiger partial charge in [-0.15, -0.1) is 0 Å². The van der Waals surface area contributed by atoms with Gasteiger partial charge in [0.15, 0.2) is 0 Å². The zero-order valence-electron chi connectivity index (χ0n) is 10.9. The molecular weight excluding hydrogens is 302 g/mol. The number of nitrogens with two attached hydrogens (primary N) is 1. The van der Waals surface area contributed by atoms with Crippen molar-refractivity contribution in [3.63, 3.8) is 0 Å². The average Bonchev–Trinajstić information content (AvgIpc) is 2.38. The number of nitrogens with zero attached hydrogens (tertiary/aromatic N) is 2. The minimum Gasteiger partial charge on any atom is -0.396 e. The molecule has 1 aromatic heterocycles. The van der Waals surface area contributed by atoms with Crippen LogP contribution in [0.5, 0.6) is 0 Å². The molecular formula is C15H16BrN3. The zero-order chi connectivity index (χ0) is 13.4. The Hall–Kier alpha value is -1.55. The van der Waals surface area contributed by atoms with Crippen molar-refractivity contribution in [1.82, 2.24) is 4.98 Å². The molecule has 0 saturated carbocycles. The van der Waals surface area contributed by atoms with E-state index in [9.17, 15) is 0 Å². The van der Waals surface area contributed by atoms with Crippen LogP contribution < -0.4 is 10.6 Å². The number of rotatable bonds is 1. The van der Waals surface area contributed by atoms with Crippen LogP contribution >= 0.6 is 15.9 Å². The van der Waals surface area contributed by atoms with Crippen molar-refractivity contribution in [3.8, 4) is 0 Å². The first-order valence-electron chi connectivity index (χ1n) is 6.43. The molecule has 0 aliphatic carbocycles. The van der Waals surface area contributed by atoms with Gasteiger partial charge in [0.05, 0.1) is 22.0 Å². The van der Waals surface area contributed by atoms with Crippen LogP contribution in [0.1, 0.15) is 17.5 Å². The second kappa shape index (κ2) is 4.85. The number of anilines is 3. The molecule has 1 aromatic carbocycles. The third-order valence-electron chi connectivity index (χ3n) is 3.52. The number of aryl methyl sites for hydroxylation is 2. The molecule has 19 heavy (non-hydrogen) atoms. The van der Waals surface area contributed by atoms with Gasteiger partial charge >= 0.3 is 0 Å². The lowest BCUT2D eigenvalue weighted by Gasteiger charge is -2.33. The van der Waals surface area contributed by atoms with E-state index in [1.165, 1.54) is 16.8 Å². The molecule has 0 saturated heterocycles. The van der Waals surface area contributed by atoms with Crippen molar-refractivity contribution in [2.45, 2.75) is 19.8 Å². The number of fused-ring (bicyclic) bond motifs is 1. The molecule has 1 aliphatic rings. The van der Waals surface area contributed by atoms with Crippen LogP contribution in [0.15, 0.2) is 35.1 Å². The summed E-state index contributed by atoms with van der Waals surface area (Å²) in [4.78, 5) is 6.40. The summed E-state index contributed by atoms with van der Waals surface area (Å²) in [7, 11) is 0. The molecule has 0 spiro atoms. The van der Waals surface area contributed by atoms with Crippen LogP contribution in [0.3, 0.4) is 0 Å². The number of nitrogen functional groups attached to an aromatic ring is 1. The fourth-order valence-corrected chi connectivity index (χ4v) is 3.25. The van der Waals surface area contributed by atoms with Crippen molar-refractivity contribution < 1.29 is 0 Å². The van der Waals surface area contributed by atoms with Crippen LogP contribution in [0.2, 0.25) is 0 Å². The summed E-state index contributed by atoms with van der Waals surface area (Å²) in [6.45, 7) is 3.12. The highest BCUT2D eigenvalue weighted by atomic mass is 79.9. The Morgan fingerprint density at radius 3 is 2.95 bits per heavy atom. The molecule has 2 heterocycles. The van der Waals surface area contributed by atoms with Gasteiger partial charge in [0.1, 0.15) is 0 Å². The Morgan fingerprint density at radius 2 is 2.16 bits per heavy atom. The van der Waals surface area contributed by atoms with Crippen LogP contribution in [-0.4, -0.2) is 11.5 Å². The lowest BCUT2D eigenvalue weighted by molar-refractivity contribution is 0.765. The highest BCUT2D eigenvalue weighted by Crippen LogP contribution is 2.40. The number of benzene rings is 1. The summed E-state index contributed by atoms with van der Waals surface area (Å²) in [6.07, 6.45) is 5.79. The van der Waals surface area contributed by atoms with E-state index in [-0.39, 0.29) is 0 Å². The molecule has 0 radical (unpaired) electrons. The molecule has 2 N–H and O–H groups in total. The second-order valence-corrected chi connectivity index (χ2v) is 5.80. The van der Waals surface area contributed by atoms with E-state index in [0.717, 1.165) is 29.5 Å². The van der Waals surface area contributed by atoms with Crippen LogP contribution in [-0.2, 0) is 6.42 Å². The lowest BCUT2D eigenvalue weighted by Crippen LogP contribution is -2.25. The Morgan fingerprint density at radius 1 is 1.32 bits per heavy atom. The van der Waals surface area contributed by atoms with Gasteiger partial charge < -0.3 is 10.6 Å². The fourth-order valence-electron chi connectivity index (χ4n) is 2.69. The SMILES string of the molecule is Cc1ccc2c(c1)CCCN2c1c(N)cncc1Br. The van der Waals surface area contributed by atoms with Gasteiger partial charge in [-0.05, 0) is 47.3 Å². The Bertz CT molecular complexity index is 605. The zero-order valence-corrected chi connectivity index (χ0v) is 12.4. The first kappa shape index (κ1) is 12.5. The average molecular weight is 318 g/mol. The number of halogens is 1. The van der Waals surface area contributed by atoms with Gasteiger partial charge in [0.25, 0.3) is 0 Å². The van der Waals surface area contributed by atoms with Gasteiger partial charge in [-0.2, -0.15) is 0 Å². The van der Waals surface area contributed by atoms with Crippen molar-refractivity contribution in [3.05, 3.63) is 46.2 Å². The Kier molecular flexibility index (Phi) is 3.19. The van der Waals surface area contributed by atoms with Crippen LogP contribution in [0.25, 0.3) is 0 Å². The van der Waals surface area contributed by atoms with Gasteiger partial charge in [0.2, 0.25) is 0 Å². The maximum Gasteiger partial charge on any atom is 0.0820 e. The van der Waals surface area contributed by atoms with E-state index in [4.69, 9.17) is 5.73 Å². The topological polar surface area (TPSA) is 42.1 Å². The van der Waals surface area contributed by atoms with Crippen LogP contribution in [0, 0.1) is 6.92 Å². The summed E-state index contributed by atoms with van der Waals surface area (Å²) >= 11 is 3.56. The molecule has 1 aliphatic heterocycles. The standard InChI is InChI=1S/C15H16BrN3/c1-10-4-5-14-11(7-10)3-2-6-19(14)15-12(16)8-18-9-13(15)17/h4-5,7-9H,2-3,6,17H2,1H3. The molecule has 4 heteroatoms. The molecule has 0 unspecified atom stereocenters. The predicted molar refractivity (Wildman–Crippen MR) is 82.9 cm³/mol. The third-order valence-corrected chi connectivity index (χ3v) is 4.11. The van der Waals surface area contributed by atoms with Crippen LogP contribution in [0.4, 0.5) is 17.1 Å². The van der Waals surface area contributed by atoms with Crippen molar-refractivity contribution >= 4 is 33.0 Å². The highest BCUT2D eigenvalue weighted by molar-refractivity contribution is 9.10. The summed E-state index contributed by atoms with van der Waals surface area (Å²) < 4.78 is 0.945. The van der Waals surface area contributed by atoms with Gasteiger partial charge in [-0.3, -0.25) is 4.98 Å². The summed E-state index contributed by atoms with van der Waals surface area (Å²) in [5.74, 6) is 0. The molecule has 0 fully saturated rings. The van der Waals surface area contributed by atoms with E-state index in [0.29, 0.717) is 5.69 Å². The smallest absolute Gasteiger partial charge is 0.0820 e. The van der Waals surface area contributed by atoms with Gasteiger partial charge in [-0.1, -0.05) is 17.7 Å². The monoisotopic (exact) mass is 317 g/mol. The largest absolute Gasteiger partial charge is 0.396 e. The number of hydrogen-bond acceptors (Lipinski definition) is 3. The number of aromatic nitrogens is 1. The lowest BCUT2D eigenvalue weighted by atomic mass is 9.99. The fraction of sp³-hybridized carbons (Fsp3) is 0.267. The van der Waals surface area contributed by atoms with E-state index >= 15 is 0 Å². The second-order valence-electron chi connectivity index (χ2n) is 4.95. The Balaban J connectivity index is 2.14. The molecule has 3 nitrogen and oxygen atoms in total. The molecule has 3 rings (SSSR count). The van der Waals surface area contributed by atoms with Gasteiger partial charge in [-0.25, -0.2) is 0 Å². The minimum absolute atomic E-state index is 0.711. The van der Waals surface area contributed by atoms with Crippen molar-refractivity contribution in [2.24, 2.45) is 0 Å². The summed E-state index contributed by atoms with van der Waals surface area (Å²) in [5.41, 5.74) is 11.8. The van der Waals surface area contributed by atoms with E-state index in [1.54, 1.807) is 12.4 Å². The molecule has 2 aromatic rings. The summed E-state index contributed by atoms with van der Waals surface area (Å²) in [6, 6.07) is 6.62. The first-order chi connectivity index (χ1) is 9.16. The van der Waals surface area contributed by atoms with E-state index < -0.39 is 0 Å². The first-order valence-corrected chi connectivity index (χ1v) is 7.22. The Labute approximate surface area is 121 Å². The third kappa shape index (κ3) is 2.21. The molecule has 98 valence electrons. The number of hydrogen-bond donors (Lipinski definition) is 1. The van der Waals surface area contributed by atoms with Crippen molar-refractivity contribution in [2.75, 3.05) is 17.2 Å². The maximum atomic E-state index is 6.11. The number of pyridine rings is 1. The van der Waals surface area contributed by atoms with Crippen molar-refractivity contribution in [1.29, 1.82) is 0 Å². The maximum absolute atomic E-state index is 6.11. The predicted octanol–water partition coefficient (Wildman–Crippen LogP) is 3.82. The highest BCUT2D eigenvalue weighted by Gasteiger charge is 2.21. The minimum atomic E-state index is 0.711.